The predicted molar refractivity (Wildman–Crippen MR) is 95.4 cm³/mol. The Kier molecular flexibility index (Phi) is 6.42. The molecule has 0 aromatic heterocycles. The highest BCUT2D eigenvalue weighted by Gasteiger charge is 2.24. The fourth-order valence-corrected chi connectivity index (χ4v) is 2.84. The quantitative estimate of drug-likeness (QED) is 0.835. The highest BCUT2D eigenvalue weighted by molar-refractivity contribution is 5.14. The van der Waals surface area contributed by atoms with Crippen LogP contribution in [0.25, 0.3) is 0 Å². The molecule has 22 heavy (non-hydrogen) atoms. The lowest BCUT2D eigenvalue weighted by atomic mass is 10.0. The summed E-state index contributed by atoms with van der Waals surface area (Å²) in [4.78, 5) is 4.91. The lowest BCUT2D eigenvalue weighted by Gasteiger charge is -2.37. The number of piperidine rings is 1. The number of likely N-dealkylation sites (tertiary alicyclic amines) is 1. The number of hydrogen-bond acceptors (Lipinski definition) is 3. The van der Waals surface area contributed by atoms with Crippen molar-refractivity contribution >= 4 is 0 Å². The van der Waals surface area contributed by atoms with Gasteiger partial charge in [-0.2, -0.15) is 0 Å². The molecule has 0 bridgehead atoms. The Bertz CT molecular complexity index is 420. The van der Waals surface area contributed by atoms with Gasteiger partial charge in [0.15, 0.2) is 0 Å². The van der Waals surface area contributed by atoms with E-state index in [1.807, 2.05) is 0 Å². The maximum absolute atomic E-state index is 3.77. The standard InChI is InChI=1S/C19H33N3/c1-19(2,21(3)4)16-20-18-11-14-22(15-12-18)13-10-17-8-6-5-7-9-17/h5-9,18,20H,10-16H2,1-4H3. The van der Waals surface area contributed by atoms with Gasteiger partial charge in [-0.05, 0) is 65.9 Å². The van der Waals surface area contributed by atoms with Gasteiger partial charge in [0.2, 0.25) is 0 Å². The fourth-order valence-electron chi connectivity index (χ4n) is 2.84. The van der Waals surface area contributed by atoms with Crippen LogP contribution < -0.4 is 5.32 Å². The second-order valence-corrected chi connectivity index (χ2v) is 7.44. The van der Waals surface area contributed by atoms with Crippen LogP contribution >= 0.6 is 0 Å². The number of benzene rings is 1. The molecule has 1 saturated heterocycles. The average molecular weight is 303 g/mol. The molecule has 1 aliphatic rings. The zero-order chi connectivity index (χ0) is 16.0. The van der Waals surface area contributed by atoms with Crippen LogP contribution in [0.4, 0.5) is 0 Å². The summed E-state index contributed by atoms with van der Waals surface area (Å²) in [6.45, 7) is 9.32. The third kappa shape index (κ3) is 5.38. The summed E-state index contributed by atoms with van der Waals surface area (Å²) in [5.74, 6) is 0. The number of nitrogens with zero attached hydrogens (tertiary/aromatic N) is 2. The van der Waals surface area contributed by atoms with Crippen molar-refractivity contribution in [2.75, 3.05) is 40.3 Å². The summed E-state index contributed by atoms with van der Waals surface area (Å²) >= 11 is 0. The van der Waals surface area contributed by atoms with Gasteiger partial charge in [-0.15, -0.1) is 0 Å². The van der Waals surface area contributed by atoms with Gasteiger partial charge in [-0.1, -0.05) is 30.3 Å². The van der Waals surface area contributed by atoms with E-state index < -0.39 is 0 Å². The lowest BCUT2D eigenvalue weighted by Crippen LogP contribution is -2.51. The number of hydrogen-bond donors (Lipinski definition) is 1. The first-order valence-electron chi connectivity index (χ1n) is 8.64. The minimum absolute atomic E-state index is 0.227. The Labute approximate surface area is 136 Å². The molecule has 1 aliphatic heterocycles. The van der Waals surface area contributed by atoms with Crippen LogP contribution in [0, 0.1) is 0 Å². The van der Waals surface area contributed by atoms with Gasteiger partial charge in [0.1, 0.15) is 0 Å². The second kappa shape index (κ2) is 8.09. The Morgan fingerprint density at radius 3 is 2.36 bits per heavy atom. The predicted octanol–water partition coefficient (Wildman–Crippen LogP) is 2.62. The van der Waals surface area contributed by atoms with Crippen LogP contribution in [0.3, 0.4) is 0 Å². The van der Waals surface area contributed by atoms with E-state index in [1.165, 1.54) is 44.5 Å². The van der Waals surface area contributed by atoms with Crippen molar-refractivity contribution in [1.82, 2.24) is 15.1 Å². The normalized spacial score (nSPS) is 18.0. The summed E-state index contributed by atoms with van der Waals surface area (Å²) in [7, 11) is 4.32. The van der Waals surface area contributed by atoms with E-state index in [2.05, 4.69) is 73.4 Å². The Hall–Kier alpha value is -0.900. The number of likely N-dealkylation sites (N-methyl/N-ethyl adjacent to an activating group) is 1. The van der Waals surface area contributed by atoms with E-state index in [1.54, 1.807) is 0 Å². The molecule has 2 rings (SSSR count). The van der Waals surface area contributed by atoms with E-state index >= 15 is 0 Å². The van der Waals surface area contributed by atoms with E-state index in [4.69, 9.17) is 0 Å². The van der Waals surface area contributed by atoms with Gasteiger partial charge in [0.25, 0.3) is 0 Å². The molecule has 0 spiro atoms. The third-order valence-electron chi connectivity index (χ3n) is 5.18. The molecule has 3 heteroatoms. The molecule has 0 unspecified atom stereocenters. The highest BCUT2D eigenvalue weighted by Crippen LogP contribution is 2.14. The van der Waals surface area contributed by atoms with Crippen molar-refractivity contribution in [2.45, 2.75) is 44.7 Å². The first-order chi connectivity index (χ1) is 10.5. The van der Waals surface area contributed by atoms with Crippen LogP contribution in [0.2, 0.25) is 0 Å². The van der Waals surface area contributed by atoms with Crippen molar-refractivity contribution in [3.05, 3.63) is 35.9 Å². The fraction of sp³-hybridized carbons (Fsp3) is 0.684. The molecular formula is C19H33N3. The van der Waals surface area contributed by atoms with Gasteiger partial charge in [-0.25, -0.2) is 0 Å². The van der Waals surface area contributed by atoms with Crippen LogP contribution in [-0.4, -0.2) is 61.7 Å². The summed E-state index contributed by atoms with van der Waals surface area (Å²) in [6, 6.07) is 11.5. The van der Waals surface area contributed by atoms with Gasteiger partial charge in [-0.3, -0.25) is 0 Å². The van der Waals surface area contributed by atoms with Crippen LogP contribution in [-0.2, 0) is 6.42 Å². The summed E-state index contributed by atoms with van der Waals surface area (Å²) in [5.41, 5.74) is 1.68. The smallest absolute Gasteiger partial charge is 0.0271 e. The van der Waals surface area contributed by atoms with E-state index in [-0.39, 0.29) is 5.54 Å². The number of rotatable bonds is 7. The number of nitrogens with one attached hydrogen (secondary N) is 1. The van der Waals surface area contributed by atoms with E-state index in [0.29, 0.717) is 6.04 Å². The van der Waals surface area contributed by atoms with Crippen LogP contribution in [0.15, 0.2) is 30.3 Å². The topological polar surface area (TPSA) is 18.5 Å². The molecule has 3 nitrogen and oxygen atoms in total. The third-order valence-corrected chi connectivity index (χ3v) is 5.18. The van der Waals surface area contributed by atoms with Crippen molar-refractivity contribution in [3.63, 3.8) is 0 Å². The van der Waals surface area contributed by atoms with Gasteiger partial charge >= 0.3 is 0 Å². The maximum Gasteiger partial charge on any atom is 0.0271 e. The molecule has 0 radical (unpaired) electrons. The minimum Gasteiger partial charge on any atom is -0.312 e. The molecule has 0 saturated carbocycles. The van der Waals surface area contributed by atoms with Crippen molar-refractivity contribution in [2.24, 2.45) is 0 Å². The molecule has 0 atom stereocenters. The highest BCUT2D eigenvalue weighted by atomic mass is 15.2. The molecular weight excluding hydrogens is 270 g/mol. The summed E-state index contributed by atoms with van der Waals surface area (Å²) < 4.78 is 0. The first-order valence-corrected chi connectivity index (χ1v) is 8.64. The van der Waals surface area contributed by atoms with Gasteiger partial charge < -0.3 is 15.1 Å². The van der Waals surface area contributed by atoms with Crippen molar-refractivity contribution in [3.8, 4) is 0 Å². The Morgan fingerprint density at radius 2 is 1.77 bits per heavy atom. The molecule has 1 aromatic carbocycles. The van der Waals surface area contributed by atoms with E-state index in [0.717, 1.165) is 6.54 Å². The Balaban J connectivity index is 1.65. The van der Waals surface area contributed by atoms with E-state index in [9.17, 15) is 0 Å². The SMILES string of the molecule is CN(C)C(C)(C)CNC1CCN(CCc2ccccc2)CC1. The minimum atomic E-state index is 0.227. The molecule has 1 N–H and O–H groups in total. The van der Waals surface area contributed by atoms with Crippen molar-refractivity contribution in [1.29, 1.82) is 0 Å². The zero-order valence-corrected chi connectivity index (χ0v) is 14.8. The van der Waals surface area contributed by atoms with Crippen LogP contribution in [0.1, 0.15) is 32.3 Å². The largest absolute Gasteiger partial charge is 0.312 e. The molecule has 0 amide bonds. The first kappa shape index (κ1) is 17.5. The van der Waals surface area contributed by atoms with Crippen LogP contribution in [0.5, 0.6) is 0 Å². The zero-order valence-electron chi connectivity index (χ0n) is 14.8. The Morgan fingerprint density at radius 1 is 1.14 bits per heavy atom. The maximum atomic E-state index is 3.77. The molecule has 124 valence electrons. The summed E-state index contributed by atoms with van der Waals surface area (Å²) in [6.07, 6.45) is 3.73. The second-order valence-electron chi connectivity index (χ2n) is 7.44. The molecule has 1 heterocycles. The average Bonchev–Trinajstić information content (AvgIpc) is 2.53. The summed E-state index contributed by atoms with van der Waals surface area (Å²) in [5, 5.41) is 3.77. The van der Waals surface area contributed by atoms with Gasteiger partial charge in [0, 0.05) is 24.7 Å². The molecule has 0 aliphatic carbocycles. The van der Waals surface area contributed by atoms with Gasteiger partial charge in [0.05, 0.1) is 0 Å². The monoisotopic (exact) mass is 303 g/mol. The lowest BCUT2D eigenvalue weighted by molar-refractivity contribution is 0.159. The molecule has 1 aromatic rings. The molecule has 1 fully saturated rings. The van der Waals surface area contributed by atoms with Crippen molar-refractivity contribution < 1.29 is 0 Å².